The Hall–Kier alpha value is -2.11. The zero-order chi connectivity index (χ0) is 19.6. The minimum Gasteiger partial charge on any atom is -0.443 e. The molecule has 2 aliphatic rings. The molecule has 0 aromatic carbocycles. The molecule has 0 unspecified atom stereocenters. The van der Waals surface area contributed by atoms with E-state index in [9.17, 15) is 9.59 Å². The number of carbonyl (C=O) groups excluding carboxylic acids is 2. The Morgan fingerprint density at radius 3 is 2.52 bits per heavy atom. The van der Waals surface area contributed by atoms with Crippen molar-refractivity contribution in [3.8, 4) is 0 Å². The van der Waals surface area contributed by atoms with Crippen LogP contribution in [-0.2, 0) is 9.53 Å². The summed E-state index contributed by atoms with van der Waals surface area (Å²) in [4.78, 5) is 33.4. The van der Waals surface area contributed by atoms with Gasteiger partial charge in [0.05, 0.1) is 6.04 Å². The second kappa shape index (κ2) is 7.87. The van der Waals surface area contributed by atoms with E-state index in [0.29, 0.717) is 5.82 Å². The first-order chi connectivity index (χ1) is 12.8. The third-order valence-corrected chi connectivity index (χ3v) is 5.34. The Morgan fingerprint density at radius 1 is 1.19 bits per heavy atom. The molecule has 0 bridgehead atoms. The average Bonchev–Trinajstić information content (AvgIpc) is 3.25. The summed E-state index contributed by atoms with van der Waals surface area (Å²) in [6, 6.07) is 3.95. The molecule has 6 heteroatoms. The number of nitrogens with zero attached hydrogens (tertiary/aromatic N) is 3. The van der Waals surface area contributed by atoms with Crippen molar-refractivity contribution in [2.45, 2.75) is 83.9 Å². The van der Waals surface area contributed by atoms with E-state index in [-0.39, 0.29) is 24.1 Å². The van der Waals surface area contributed by atoms with Gasteiger partial charge in [-0.2, -0.15) is 0 Å². The molecule has 1 saturated carbocycles. The van der Waals surface area contributed by atoms with Crippen LogP contribution in [0.25, 0.3) is 0 Å². The van der Waals surface area contributed by atoms with Crippen molar-refractivity contribution in [1.82, 2.24) is 9.88 Å². The molecule has 0 N–H and O–H groups in total. The molecule has 3 rings (SSSR count). The molecule has 2 fully saturated rings. The number of rotatable bonds is 3. The minimum absolute atomic E-state index is 0.0301. The first kappa shape index (κ1) is 19.6. The van der Waals surface area contributed by atoms with E-state index in [1.165, 1.54) is 0 Å². The van der Waals surface area contributed by atoms with Crippen LogP contribution in [0.15, 0.2) is 18.3 Å². The summed E-state index contributed by atoms with van der Waals surface area (Å²) in [5.41, 5.74) is 0.379. The van der Waals surface area contributed by atoms with Gasteiger partial charge in [0.1, 0.15) is 11.4 Å². The van der Waals surface area contributed by atoms with Crippen LogP contribution < -0.4 is 4.90 Å². The fourth-order valence-corrected chi connectivity index (χ4v) is 4.22. The number of ether oxygens (including phenoxy) is 1. The number of carbonyl (C=O) groups is 2. The van der Waals surface area contributed by atoms with Crippen molar-refractivity contribution >= 4 is 17.8 Å². The first-order valence-electron chi connectivity index (χ1n) is 10.0. The second-order valence-electron chi connectivity index (χ2n) is 8.58. The Bertz CT molecular complexity index is 692. The quantitative estimate of drug-likeness (QED) is 0.785. The van der Waals surface area contributed by atoms with Gasteiger partial charge in [-0.15, -0.1) is 0 Å². The summed E-state index contributed by atoms with van der Waals surface area (Å²) in [7, 11) is 0. The van der Waals surface area contributed by atoms with Crippen molar-refractivity contribution < 1.29 is 14.3 Å². The molecule has 6 nitrogen and oxygen atoms in total. The minimum atomic E-state index is -0.568. The molecular weight excluding hydrogens is 342 g/mol. The third kappa shape index (κ3) is 4.42. The predicted octanol–water partition coefficient (Wildman–Crippen LogP) is 4.45. The smallest absolute Gasteiger partial charge is 0.416 e. The summed E-state index contributed by atoms with van der Waals surface area (Å²) >= 11 is 0. The summed E-state index contributed by atoms with van der Waals surface area (Å²) in [5, 5.41) is 0. The normalized spacial score (nSPS) is 20.7. The summed E-state index contributed by atoms with van der Waals surface area (Å²) in [6.07, 6.45) is 7.36. The Morgan fingerprint density at radius 2 is 1.89 bits per heavy atom. The van der Waals surface area contributed by atoms with E-state index in [1.807, 2.05) is 37.8 Å². The molecule has 148 valence electrons. The van der Waals surface area contributed by atoms with Crippen LogP contribution in [0.3, 0.4) is 0 Å². The van der Waals surface area contributed by atoms with E-state index in [2.05, 4.69) is 4.98 Å². The largest absolute Gasteiger partial charge is 0.443 e. The number of pyridine rings is 1. The molecule has 1 aliphatic carbocycles. The van der Waals surface area contributed by atoms with Crippen LogP contribution in [-0.4, -0.2) is 40.1 Å². The average molecular weight is 373 g/mol. The van der Waals surface area contributed by atoms with Gasteiger partial charge < -0.3 is 9.64 Å². The van der Waals surface area contributed by atoms with Crippen molar-refractivity contribution in [2.75, 3.05) is 11.4 Å². The van der Waals surface area contributed by atoms with Crippen LogP contribution >= 0.6 is 0 Å². The zero-order valence-electron chi connectivity index (χ0n) is 16.9. The van der Waals surface area contributed by atoms with E-state index in [4.69, 9.17) is 4.74 Å². The maximum atomic E-state index is 13.1. The van der Waals surface area contributed by atoms with Gasteiger partial charge in [-0.25, -0.2) is 9.78 Å². The third-order valence-electron chi connectivity index (χ3n) is 5.34. The maximum absolute atomic E-state index is 13.1. The summed E-state index contributed by atoms with van der Waals surface area (Å²) in [5.74, 6) is 0.716. The topological polar surface area (TPSA) is 62.7 Å². The van der Waals surface area contributed by atoms with Crippen LogP contribution in [0.1, 0.15) is 77.8 Å². The molecule has 1 saturated heterocycles. The Kier molecular flexibility index (Phi) is 5.72. The molecular formula is C21H31N3O3. The lowest BCUT2D eigenvalue weighted by Gasteiger charge is -2.34. The van der Waals surface area contributed by atoms with Gasteiger partial charge in [-0.1, -0.05) is 18.9 Å². The molecule has 0 spiro atoms. The van der Waals surface area contributed by atoms with Gasteiger partial charge in [0.25, 0.3) is 0 Å². The lowest BCUT2D eigenvalue weighted by atomic mass is 10.0. The van der Waals surface area contributed by atoms with E-state index >= 15 is 0 Å². The highest BCUT2D eigenvalue weighted by molar-refractivity contribution is 5.88. The number of aromatic nitrogens is 1. The van der Waals surface area contributed by atoms with Crippen LogP contribution in [0.5, 0.6) is 0 Å². The zero-order valence-corrected chi connectivity index (χ0v) is 16.9. The molecule has 1 aliphatic heterocycles. The molecule has 2 heterocycles. The summed E-state index contributed by atoms with van der Waals surface area (Å²) < 4.78 is 5.73. The van der Waals surface area contributed by atoms with Gasteiger partial charge in [0, 0.05) is 31.3 Å². The molecule has 1 aromatic heterocycles. The monoisotopic (exact) mass is 373 g/mol. The van der Waals surface area contributed by atoms with Crippen molar-refractivity contribution in [1.29, 1.82) is 0 Å². The number of hydrogen-bond donors (Lipinski definition) is 0. The molecule has 0 radical (unpaired) electrons. The molecule has 1 aromatic rings. The number of amides is 2. The highest BCUT2D eigenvalue weighted by Gasteiger charge is 2.37. The Labute approximate surface area is 161 Å². The van der Waals surface area contributed by atoms with E-state index in [0.717, 1.165) is 50.6 Å². The number of anilines is 1. The van der Waals surface area contributed by atoms with E-state index < -0.39 is 5.60 Å². The first-order valence-corrected chi connectivity index (χ1v) is 10.0. The van der Waals surface area contributed by atoms with Crippen LogP contribution in [0.4, 0.5) is 10.6 Å². The van der Waals surface area contributed by atoms with Gasteiger partial charge >= 0.3 is 6.09 Å². The predicted molar refractivity (Wildman–Crippen MR) is 105 cm³/mol. The second-order valence-corrected chi connectivity index (χ2v) is 8.58. The highest BCUT2D eigenvalue weighted by Crippen LogP contribution is 2.39. The van der Waals surface area contributed by atoms with Crippen molar-refractivity contribution in [3.05, 3.63) is 23.9 Å². The maximum Gasteiger partial charge on any atom is 0.416 e. The molecule has 2 amide bonds. The van der Waals surface area contributed by atoms with E-state index in [1.54, 1.807) is 18.0 Å². The molecule has 1 atom stereocenters. The van der Waals surface area contributed by atoms with Crippen molar-refractivity contribution in [3.63, 3.8) is 0 Å². The van der Waals surface area contributed by atoms with Gasteiger partial charge in [-0.05, 0) is 52.5 Å². The van der Waals surface area contributed by atoms with Crippen molar-refractivity contribution in [2.24, 2.45) is 0 Å². The number of hydrogen-bond acceptors (Lipinski definition) is 4. The van der Waals surface area contributed by atoms with Crippen LogP contribution in [0.2, 0.25) is 0 Å². The van der Waals surface area contributed by atoms with Gasteiger partial charge in [0.2, 0.25) is 5.91 Å². The van der Waals surface area contributed by atoms with Gasteiger partial charge in [0.15, 0.2) is 0 Å². The highest BCUT2D eigenvalue weighted by atomic mass is 16.6. The fraction of sp³-hybridized carbons (Fsp3) is 0.667. The summed E-state index contributed by atoms with van der Waals surface area (Å²) in [6.45, 7) is 8.00. The number of likely N-dealkylation sites (tertiary alicyclic amines) is 1. The SMILES string of the molecule is CC(=O)N1CCC[C@H]1c1cccnc1N(C(=O)OC(C)(C)C)C1CCCC1. The lowest BCUT2D eigenvalue weighted by molar-refractivity contribution is -0.129. The lowest BCUT2D eigenvalue weighted by Crippen LogP contribution is -2.44. The fourth-order valence-electron chi connectivity index (χ4n) is 4.22. The molecule has 27 heavy (non-hydrogen) atoms. The Balaban J connectivity index is 2.00. The van der Waals surface area contributed by atoms with Crippen LogP contribution in [0, 0.1) is 0 Å². The van der Waals surface area contributed by atoms with Gasteiger partial charge in [-0.3, -0.25) is 9.69 Å². The standard InChI is InChI=1S/C21H31N3O3/c1-15(25)23-14-8-12-18(23)17-11-7-13-22-19(17)24(16-9-5-6-10-16)20(26)27-21(2,3)4/h7,11,13,16,18H,5-6,8-10,12,14H2,1-4H3/t18-/m0/s1.